The number of hydrogen-bond acceptors (Lipinski definition) is 2. The van der Waals surface area contributed by atoms with Crippen molar-refractivity contribution in [2.45, 2.75) is 0 Å². The smallest absolute Gasteiger partial charge is 0.160 e. The van der Waals surface area contributed by atoms with Crippen molar-refractivity contribution < 1.29 is 0 Å². The first-order valence-electron chi connectivity index (χ1n) is 3.66. The maximum Gasteiger partial charge on any atom is 0.160 e. The van der Waals surface area contributed by atoms with Crippen LogP contribution >= 0.6 is 48.0 Å². The van der Waals surface area contributed by atoms with Crippen LogP contribution < -0.4 is 0 Å². The molecule has 1 aromatic carbocycles. The van der Waals surface area contributed by atoms with Gasteiger partial charge in [-0.1, -0.05) is 54.3 Å². The van der Waals surface area contributed by atoms with Crippen molar-refractivity contribution in [1.29, 1.82) is 0 Å². The van der Waals surface area contributed by atoms with Gasteiger partial charge in [0.05, 0.1) is 5.71 Å². The molecule has 68 valence electrons. The number of halogens is 1. The molecule has 13 heavy (non-hydrogen) atoms. The second-order valence-electron chi connectivity index (χ2n) is 2.48. The Balaban J connectivity index is 0.000000845. The van der Waals surface area contributed by atoms with E-state index >= 15 is 0 Å². The van der Waals surface area contributed by atoms with Crippen molar-refractivity contribution >= 4 is 58.0 Å². The third kappa shape index (κ3) is 2.75. The number of aliphatic imine (C=N–C) groups is 1. The van der Waals surface area contributed by atoms with Crippen LogP contribution in [0.25, 0.3) is 0 Å². The van der Waals surface area contributed by atoms with E-state index in [1.54, 1.807) is 11.8 Å². The maximum absolute atomic E-state index is 4.97. The molecule has 2 rings (SSSR count). The molecule has 0 aliphatic carbocycles. The number of benzene rings is 1. The first-order valence-corrected chi connectivity index (χ1v) is 5.05. The number of thiocarbonyl (C=S) groups is 1. The van der Waals surface area contributed by atoms with E-state index in [0.717, 1.165) is 15.8 Å². The molecule has 0 aromatic heterocycles. The molecule has 0 N–H and O–H groups in total. The number of hydrogen-bond donors (Lipinski definition) is 0. The van der Waals surface area contributed by atoms with E-state index in [1.165, 1.54) is 5.56 Å². The number of nitrogens with zero attached hydrogens (tertiary/aromatic N) is 1. The predicted molar refractivity (Wildman–Crippen MR) is 73.5 cm³/mol. The summed E-state index contributed by atoms with van der Waals surface area (Å²) < 4.78 is 0.758. The largest absolute Gasteiger partial charge is 0.233 e. The van der Waals surface area contributed by atoms with E-state index in [9.17, 15) is 0 Å². The van der Waals surface area contributed by atoms with Crippen LogP contribution in [0.1, 0.15) is 5.56 Å². The Kier molecular flexibility index (Phi) is 4.34. The van der Waals surface area contributed by atoms with Crippen molar-refractivity contribution in [3.05, 3.63) is 35.9 Å². The third-order valence-corrected chi connectivity index (χ3v) is 2.87. The molecule has 0 bridgehead atoms. The van der Waals surface area contributed by atoms with Gasteiger partial charge in [0.1, 0.15) is 0 Å². The summed E-state index contributed by atoms with van der Waals surface area (Å²) in [6.07, 6.45) is 0. The van der Waals surface area contributed by atoms with E-state index in [4.69, 9.17) is 12.2 Å². The Morgan fingerprint density at radius 3 is 2.46 bits per heavy atom. The molecule has 0 radical (unpaired) electrons. The zero-order chi connectivity index (χ0) is 8.39. The molecule has 0 amide bonds. The predicted octanol–water partition coefficient (Wildman–Crippen LogP) is 3.13. The summed E-state index contributed by atoms with van der Waals surface area (Å²) in [5, 5.41) is 0. The minimum Gasteiger partial charge on any atom is -0.233 e. The van der Waals surface area contributed by atoms with Gasteiger partial charge in [-0.15, -0.1) is 24.0 Å². The van der Waals surface area contributed by atoms with Crippen molar-refractivity contribution in [3.8, 4) is 0 Å². The molecule has 1 heterocycles. The fourth-order valence-electron chi connectivity index (χ4n) is 1.08. The number of thioether (sulfide) groups is 1. The highest BCUT2D eigenvalue weighted by Crippen LogP contribution is 2.18. The van der Waals surface area contributed by atoms with Crippen LogP contribution in [0.2, 0.25) is 0 Å². The first kappa shape index (κ1) is 11.1. The van der Waals surface area contributed by atoms with Crippen molar-refractivity contribution in [3.63, 3.8) is 0 Å². The molecular weight excluding hydrogens is 313 g/mol. The van der Waals surface area contributed by atoms with Crippen LogP contribution in [0, 0.1) is 0 Å². The highest BCUT2D eigenvalue weighted by atomic mass is 127. The summed E-state index contributed by atoms with van der Waals surface area (Å²) in [6.45, 7) is 0. The summed E-state index contributed by atoms with van der Waals surface area (Å²) in [7, 11) is 0. The lowest BCUT2D eigenvalue weighted by Crippen LogP contribution is -1.98. The molecule has 0 saturated heterocycles. The zero-order valence-corrected chi connectivity index (χ0v) is 10.7. The van der Waals surface area contributed by atoms with Gasteiger partial charge in [-0.2, -0.15) is 0 Å². The standard InChI is InChI=1S/C9H7NS2.HI/c11-9-10-8(6-12-9)7-4-2-1-3-5-7;/h1-5H,6H2;1H. The Hall–Kier alpha value is 0.0600. The molecule has 1 nitrogen and oxygen atoms in total. The van der Waals surface area contributed by atoms with Crippen LogP contribution in [0.3, 0.4) is 0 Å². The molecule has 0 atom stereocenters. The summed E-state index contributed by atoms with van der Waals surface area (Å²) in [5.41, 5.74) is 2.29. The van der Waals surface area contributed by atoms with Gasteiger partial charge in [0.15, 0.2) is 4.32 Å². The fraction of sp³-hybridized carbons (Fsp3) is 0.111. The molecule has 0 unspecified atom stereocenters. The molecule has 0 saturated carbocycles. The van der Waals surface area contributed by atoms with Gasteiger partial charge >= 0.3 is 0 Å². The molecular formula is C9H8INS2. The normalized spacial score (nSPS) is 15.1. The second-order valence-corrected chi connectivity index (χ2v) is 4.09. The molecule has 1 aliphatic rings. The van der Waals surface area contributed by atoms with E-state index in [1.807, 2.05) is 18.2 Å². The van der Waals surface area contributed by atoms with Crippen molar-refractivity contribution in [2.24, 2.45) is 4.99 Å². The second kappa shape index (κ2) is 5.07. The summed E-state index contributed by atoms with van der Waals surface area (Å²) in [4.78, 5) is 4.27. The molecule has 1 aromatic rings. The Morgan fingerprint density at radius 2 is 1.92 bits per heavy atom. The van der Waals surface area contributed by atoms with Crippen LogP contribution in [-0.2, 0) is 0 Å². The fourth-order valence-corrected chi connectivity index (χ4v) is 2.04. The lowest BCUT2D eigenvalue weighted by molar-refractivity contribution is 1.61. The molecule has 0 spiro atoms. The lowest BCUT2D eigenvalue weighted by atomic mass is 10.1. The number of rotatable bonds is 1. The molecule has 1 aliphatic heterocycles. The van der Waals surface area contributed by atoms with E-state index in [0.29, 0.717) is 0 Å². The third-order valence-electron chi connectivity index (χ3n) is 1.67. The van der Waals surface area contributed by atoms with Crippen LogP contribution in [0.5, 0.6) is 0 Å². The average Bonchev–Trinajstić information content (AvgIpc) is 2.54. The highest BCUT2D eigenvalue weighted by Gasteiger charge is 2.12. The van der Waals surface area contributed by atoms with Crippen molar-refractivity contribution in [1.82, 2.24) is 0 Å². The van der Waals surface area contributed by atoms with Crippen LogP contribution in [-0.4, -0.2) is 15.8 Å². The molecule has 0 fully saturated rings. The van der Waals surface area contributed by atoms with Gasteiger partial charge in [0.2, 0.25) is 0 Å². The Morgan fingerprint density at radius 1 is 1.23 bits per heavy atom. The van der Waals surface area contributed by atoms with E-state index < -0.39 is 0 Å². The van der Waals surface area contributed by atoms with E-state index in [-0.39, 0.29) is 24.0 Å². The SMILES string of the molecule is I.S=C1N=C(c2ccccc2)CS1. The van der Waals surface area contributed by atoms with Gasteiger partial charge in [-0.3, -0.25) is 0 Å². The first-order chi connectivity index (χ1) is 5.86. The topological polar surface area (TPSA) is 12.4 Å². The average molecular weight is 321 g/mol. The van der Waals surface area contributed by atoms with Gasteiger partial charge in [0.25, 0.3) is 0 Å². The van der Waals surface area contributed by atoms with E-state index in [2.05, 4.69) is 17.1 Å². The Bertz CT molecular complexity index is 335. The molecule has 4 heteroatoms. The monoisotopic (exact) mass is 321 g/mol. The quantitative estimate of drug-likeness (QED) is 0.582. The van der Waals surface area contributed by atoms with Gasteiger partial charge in [-0.05, 0) is 5.56 Å². The van der Waals surface area contributed by atoms with Gasteiger partial charge < -0.3 is 0 Å². The summed E-state index contributed by atoms with van der Waals surface area (Å²) >= 11 is 6.60. The van der Waals surface area contributed by atoms with Gasteiger partial charge in [0, 0.05) is 5.75 Å². The summed E-state index contributed by atoms with van der Waals surface area (Å²) in [6, 6.07) is 10.2. The van der Waals surface area contributed by atoms with Crippen LogP contribution in [0.15, 0.2) is 35.3 Å². The van der Waals surface area contributed by atoms with Crippen LogP contribution in [0.4, 0.5) is 0 Å². The minimum absolute atomic E-state index is 0. The van der Waals surface area contributed by atoms with Gasteiger partial charge in [-0.25, -0.2) is 4.99 Å². The zero-order valence-electron chi connectivity index (χ0n) is 6.77. The van der Waals surface area contributed by atoms with Crippen molar-refractivity contribution in [2.75, 3.05) is 5.75 Å². The summed E-state index contributed by atoms with van der Waals surface area (Å²) in [5.74, 6) is 0.919. The maximum atomic E-state index is 4.97. The highest BCUT2D eigenvalue weighted by molar-refractivity contribution is 14.0. The Labute approximate surface area is 104 Å². The minimum atomic E-state index is 0. The lowest BCUT2D eigenvalue weighted by Gasteiger charge is -1.96.